The number of carboxylic acids is 1. The van der Waals surface area contributed by atoms with Crippen LogP contribution in [0.1, 0.15) is 46.5 Å². The lowest BCUT2D eigenvalue weighted by Gasteiger charge is -2.28. The van der Waals surface area contributed by atoms with Crippen molar-refractivity contribution in [3.05, 3.63) is 0 Å². The lowest BCUT2D eigenvalue weighted by Crippen LogP contribution is -2.40. The van der Waals surface area contributed by atoms with E-state index in [1.807, 2.05) is 13.8 Å². The zero-order valence-electron chi connectivity index (χ0n) is 13.0. The Labute approximate surface area is 121 Å². The molecule has 5 heteroatoms. The van der Waals surface area contributed by atoms with Crippen LogP contribution in [0.25, 0.3) is 0 Å². The number of carbonyl (C=O) groups excluding carboxylic acids is 1. The molecule has 1 saturated carbocycles. The Balaban J connectivity index is 2.45. The highest BCUT2D eigenvalue weighted by Gasteiger charge is 2.43. The Bertz CT molecular complexity index is 363. The smallest absolute Gasteiger partial charge is 0.310 e. The molecular formula is C15H27NO4. The lowest BCUT2D eigenvalue weighted by atomic mass is 9.76. The van der Waals surface area contributed by atoms with Gasteiger partial charge in [-0.25, -0.2) is 0 Å². The maximum absolute atomic E-state index is 12.0. The predicted octanol–water partition coefficient (Wildman–Crippen LogP) is 2.06. The Kier molecular flexibility index (Phi) is 5.57. The molecule has 1 rings (SSSR count). The van der Waals surface area contributed by atoms with E-state index in [0.29, 0.717) is 13.2 Å². The van der Waals surface area contributed by atoms with Crippen LogP contribution in [0, 0.1) is 16.7 Å². The standard InChI is InChI=1S/C15H27NO4/c1-11(2)14(3,13(18)19)9-12(17)16-10-15(5-6-15)7-8-20-4/h11H,5-10H2,1-4H3,(H,16,17)(H,18,19). The van der Waals surface area contributed by atoms with Gasteiger partial charge >= 0.3 is 5.97 Å². The average molecular weight is 285 g/mol. The summed E-state index contributed by atoms with van der Waals surface area (Å²) in [7, 11) is 1.68. The number of amides is 1. The van der Waals surface area contributed by atoms with Crippen LogP contribution in [-0.4, -0.2) is 37.2 Å². The van der Waals surface area contributed by atoms with Crippen LogP contribution in [0.5, 0.6) is 0 Å². The van der Waals surface area contributed by atoms with Crippen LogP contribution < -0.4 is 5.32 Å². The number of hydrogen-bond donors (Lipinski definition) is 2. The summed E-state index contributed by atoms with van der Waals surface area (Å²) in [6.07, 6.45) is 3.19. The summed E-state index contributed by atoms with van der Waals surface area (Å²) in [5.74, 6) is -1.18. The van der Waals surface area contributed by atoms with E-state index in [0.717, 1.165) is 19.3 Å². The third-order valence-electron chi connectivity index (χ3n) is 4.74. The van der Waals surface area contributed by atoms with Crippen molar-refractivity contribution in [2.24, 2.45) is 16.7 Å². The number of hydrogen-bond acceptors (Lipinski definition) is 3. The third kappa shape index (κ3) is 4.20. The van der Waals surface area contributed by atoms with Gasteiger partial charge in [-0.1, -0.05) is 13.8 Å². The van der Waals surface area contributed by atoms with Crippen molar-refractivity contribution >= 4 is 11.9 Å². The Morgan fingerprint density at radius 1 is 1.40 bits per heavy atom. The molecule has 1 fully saturated rings. The van der Waals surface area contributed by atoms with Gasteiger partial charge < -0.3 is 15.2 Å². The lowest BCUT2D eigenvalue weighted by molar-refractivity contribution is -0.153. The molecule has 0 radical (unpaired) electrons. The second kappa shape index (κ2) is 6.57. The average Bonchev–Trinajstić information content (AvgIpc) is 3.14. The summed E-state index contributed by atoms with van der Waals surface area (Å²) in [6, 6.07) is 0. The van der Waals surface area contributed by atoms with E-state index < -0.39 is 11.4 Å². The fourth-order valence-corrected chi connectivity index (χ4v) is 2.22. The molecule has 1 atom stereocenters. The van der Waals surface area contributed by atoms with Crippen LogP contribution in [-0.2, 0) is 14.3 Å². The fourth-order valence-electron chi connectivity index (χ4n) is 2.22. The van der Waals surface area contributed by atoms with Crippen molar-refractivity contribution in [1.29, 1.82) is 0 Å². The predicted molar refractivity (Wildman–Crippen MR) is 76.4 cm³/mol. The number of rotatable bonds is 9. The van der Waals surface area contributed by atoms with Crippen molar-refractivity contribution in [2.45, 2.75) is 46.5 Å². The van der Waals surface area contributed by atoms with Crippen LogP contribution in [0.2, 0.25) is 0 Å². The highest BCUT2D eigenvalue weighted by molar-refractivity contribution is 5.84. The topological polar surface area (TPSA) is 75.6 Å². The molecule has 1 amide bonds. The zero-order valence-corrected chi connectivity index (χ0v) is 13.0. The third-order valence-corrected chi connectivity index (χ3v) is 4.74. The van der Waals surface area contributed by atoms with Crippen molar-refractivity contribution in [1.82, 2.24) is 5.32 Å². The molecule has 0 spiro atoms. The molecule has 1 aliphatic carbocycles. The Morgan fingerprint density at radius 2 is 2.00 bits per heavy atom. The van der Waals surface area contributed by atoms with Crippen LogP contribution >= 0.6 is 0 Å². The van der Waals surface area contributed by atoms with Crippen LogP contribution in [0.15, 0.2) is 0 Å². The first-order valence-corrected chi connectivity index (χ1v) is 7.25. The first-order valence-electron chi connectivity index (χ1n) is 7.25. The first kappa shape index (κ1) is 17.0. The van der Waals surface area contributed by atoms with E-state index in [2.05, 4.69) is 5.32 Å². The SMILES string of the molecule is COCCC1(CNC(=O)CC(C)(C(=O)O)C(C)C)CC1. The Morgan fingerprint density at radius 3 is 2.40 bits per heavy atom. The van der Waals surface area contributed by atoms with Gasteiger partial charge in [-0.2, -0.15) is 0 Å². The normalized spacial score (nSPS) is 19.4. The molecule has 116 valence electrons. The monoisotopic (exact) mass is 285 g/mol. The van der Waals surface area contributed by atoms with Gasteiger partial charge in [0.2, 0.25) is 5.91 Å². The van der Waals surface area contributed by atoms with E-state index >= 15 is 0 Å². The quantitative estimate of drug-likeness (QED) is 0.680. The number of methoxy groups -OCH3 is 1. The summed E-state index contributed by atoms with van der Waals surface area (Å²) in [5.41, 5.74) is -0.823. The summed E-state index contributed by atoms with van der Waals surface area (Å²) >= 11 is 0. The fraction of sp³-hybridized carbons (Fsp3) is 0.867. The molecule has 0 bridgehead atoms. The van der Waals surface area contributed by atoms with Gasteiger partial charge in [-0.15, -0.1) is 0 Å². The van der Waals surface area contributed by atoms with Crippen molar-refractivity contribution in [3.63, 3.8) is 0 Å². The molecule has 5 nitrogen and oxygen atoms in total. The largest absolute Gasteiger partial charge is 0.481 e. The van der Waals surface area contributed by atoms with E-state index in [9.17, 15) is 14.7 Å². The minimum Gasteiger partial charge on any atom is -0.481 e. The molecule has 1 unspecified atom stereocenters. The number of ether oxygens (including phenoxy) is 1. The van der Waals surface area contributed by atoms with Gasteiger partial charge in [0, 0.05) is 26.7 Å². The van der Waals surface area contributed by atoms with E-state index in [-0.39, 0.29) is 23.7 Å². The van der Waals surface area contributed by atoms with Crippen LogP contribution in [0.4, 0.5) is 0 Å². The minimum absolute atomic E-state index is 0.0281. The first-order chi connectivity index (χ1) is 9.26. The molecular weight excluding hydrogens is 258 g/mol. The molecule has 0 aromatic carbocycles. The Hall–Kier alpha value is -1.10. The number of aliphatic carboxylic acids is 1. The van der Waals surface area contributed by atoms with Crippen molar-refractivity contribution in [3.8, 4) is 0 Å². The van der Waals surface area contributed by atoms with E-state index in [4.69, 9.17) is 4.74 Å². The minimum atomic E-state index is -1.01. The van der Waals surface area contributed by atoms with Gasteiger partial charge in [0.05, 0.1) is 5.41 Å². The molecule has 0 aromatic heterocycles. The number of nitrogens with one attached hydrogen (secondary N) is 1. The summed E-state index contributed by atoms with van der Waals surface area (Å²) in [6.45, 7) is 6.64. The van der Waals surface area contributed by atoms with Crippen molar-refractivity contribution < 1.29 is 19.4 Å². The zero-order chi connectivity index (χ0) is 15.4. The second-order valence-corrected chi connectivity index (χ2v) is 6.57. The highest BCUT2D eigenvalue weighted by Crippen LogP contribution is 2.48. The van der Waals surface area contributed by atoms with Gasteiger partial charge in [-0.05, 0) is 37.5 Å². The summed E-state index contributed by atoms with van der Waals surface area (Å²) < 4.78 is 5.08. The second-order valence-electron chi connectivity index (χ2n) is 6.57. The molecule has 0 saturated heterocycles. The summed E-state index contributed by atoms with van der Waals surface area (Å²) in [5, 5.41) is 12.2. The van der Waals surface area contributed by atoms with Gasteiger partial charge in [0.15, 0.2) is 0 Å². The highest BCUT2D eigenvalue weighted by atomic mass is 16.5. The molecule has 0 aliphatic heterocycles. The summed E-state index contributed by atoms with van der Waals surface area (Å²) in [4.78, 5) is 23.4. The van der Waals surface area contributed by atoms with E-state index in [1.54, 1.807) is 14.0 Å². The van der Waals surface area contributed by atoms with E-state index in [1.165, 1.54) is 0 Å². The number of carbonyl (C=O) groups is 2. The molecule has 0 heterocycles. The van der Waals surface area contributed by atoms with Gasteiger partial charge in [0.25, 0.3) is 0 Å². The molecule has 20 heavy (non-hydrogen) atoms. The van der Waals surface area contributed by atoms with Crippen LogP contribution in [0.3, 0.4) is 0 Å². The maximum Gasteiger partial charge on any atom is 0.310 e. The van der Waals surface area contributed by atoms with Gasteiger partial charge in [-0.3, -0.25) is 9.59 Å². The number of carboxylic acid groups (broad SMARTS) is 1. The maximum atomic E-state index is 12.0. The molecule has 2 N–H and O–H groups in total. The van der Waals surface area contributed by atoms with Gasteiger partial charge in [0.1, 0.15) is 0 Å². The molecule has 1 aliphatic rings. The van der Waals surface area contributed by atoms with Crippen molar-refractivity contribution in [2.75, 3.05) is 20.3 Å². The molecule has 0 aromatic rings.